The molecule has 5 amide bonds. The van der Waals surface area contributed by atoms with E-state index in [9.17, 15) is 28.8 Å². The summed E-state index contributed by atoms with van der Waals surface area (Å²) in [4.78, 5) is 80.0. The van der Waals surface area contributed by atoms with Crippen LogP contribution in [0.4, 0.5) is 4.79 Å². The molecule has 14 nitrogen and oxygen atoms in total. The Morgan fingerprint density at radius 1 is 1.09 bits per heavy atom. The van der Waals surface area contributed by atoms with E-state index in [1.165, 1.54) is 12.0 Å². The van der Waals surface area contributed by atoms with Crippen LogP contribution in [0, 0.1) is 5.92 Å². The van der Waals surface area contributed by atoms with Crippen molar-refractivity contribution in [2.45, 2.75) is 75.9 Å². The van der Waals surface area contributed by atoms with Crippen molar-refractivity contribution in [2.24, 2.45) is 23.1 Å². The summed E-state index contributed by atoms with van der Waals surface area (Å²) in [5.41, 5.74) is 18.4. The summed E-state index contributed by atoms with van der Waals surface area (Å²) in [5, 5.41) is 6.19. The minimum atomic E-state index is -1.01. The van der Waals surface area contributed by atoms with Crippen LogP contribution in [0.1, 0.15) is 56.9 Å². The summed E-state index contributed by atoms with van der Waals surface area (Å²) in [6.07, 6.45) is 4.11. The molecule has 0 aliphatic carbocycles. The zero-order valence-electron chi connectivity index (χ0n) is 25.0. The van der Waals surface area contributed by atoms with Crippen LogP contribution in [0.3, 0.4) is 0 Å². The smallest absolute Gasteiger partial charge is 0.312 e. The van der Waals surface area contributed by atoms with Gasteiger partial charge in [-0.15, -0.1) is 0 Å². The van der Waals surface area contributed by atoms with E-state index in [1.807, 2.05) is 24.3 Å². The predicted octanol–water partition coefficient (Wildman–Crippen LogP) is 0.366. The summed E-state index contributed by atoms with van der Waals surface area (Å²) in [6, 6.07) is 3.98. The van der Waals surface area contributed by atoms with Gasteiger partial charge in [-0.25, -0.2) is 4.79 Å². The van der Waals surface area contributed by atoms with Gasteiger partial charge in [0.25, 0.3) is 0 Å². The number of ether oxygens (including phenoxy) is 1. The second-order valence-corrected chi connectivity index (χ2v) is 11.1. The van der Waals surface area contributed by atoms with E-state index in [2.05, 4.69) is 20.4 Å². The lowest BCUT2D eigenvalue weighted by atomic mass is 9.90. The van der Waals surface area contributed by atoms with Gasteiger partial charge >= 0.3 is 12.0 Å². The van der Waals surface area contributed by atoms with Crippen LogP contribution in [0.25, 0.3) is 10.9 Å². The molecule has 1 aliphatic heterocycles. The number of hydrogen-bond acceptors (Lipinski definition) is 8. The average molecular weight is 614 g/mol. The maximum atomic E-state index is 13.7. The number of benzene rings is 1. The molecule has 4 atom stereocenters. The van der Waals surface area contributed by atoms with Crippen LogP contribution in [-0.4, -0.2) is 83.7 Å². The van der Waals surface area contributed by atoms with Gasteiger partial charge in [0.05, 0.1) is 19.2 Å². The van der Waals surface area contributed by atoms with Crippen LogP contribution < -0.4 is 27.8 Å². The maximum absolute atomic E-state index is 13.7. The van der Waals surface area contributed by atoms with Gasteiger partial charge < -0.3 is 42.5 Å². The van der Waals surface area contributed by atoms with Crippen molar-refractivity contribution in [3.05, 3.63) is 36.0 Å². The molecule has 1 aromatic heterocycles. The van der Waals surface area contributed by atoms with Gasteiger partial charge in [-0.3, -0.25) is 24.0 Å². The van der Waals surface area contributed by atoms with E-state index < -0.39 is 59.5 Å². The highest BCUT2D eigenvalue weighted by atomic mass is 16.5. The van der Waals surface area contributed by atoms with E-state index >= 15 is 0 Å². The highest BCUT2D eigenvalue weighted by Gasteiger charge is 2.36. The first kappa shape index (κ1) is 34.0. The van der Waals surface area contributed by atoms with Gasteiger partial charge in [-0.05, 0) is 50.2 Å². The lowest BCUT2D eigenvalue weighted by Crippen LogP contribution is -2.58. The molecule has 240 valence electrons. The summed E-state index contributed by atoms with van der Waals surface area (Å²) >= 11 is 0. The Hall–Kier alpha value is -4.46. The van der Waals surface area contributed by atoms with Crippen molar-refractivity contribution >= 4 is 46.4 Å². The molecule has 1 aliphatic rings. The number of piperidine rings is 1. The topological polar surface area (TPSA) is 233 Å². The van der Waals surface area contributed by atoms with Crippen molar-refractivity contribution in [3.8, 4) is 0 Å². The molecule has 2 heterocycles. The maximum Gasteiger partial charge on any atom is 0.312 e. The van der Waals surface area contributed by atoms with E-state index in [4.69, 9.17) is 17.2 Å². The molecule has 1 saturated heterocycles. The van der Waals surface area contributed by atoms with Gasteiger partial charge in [0.2, 0.25) is 17.7 Å². The third kappa shape index (κ3) is 9.53. The Kier molecular flexibility index (Phi) is 12.7. The number of urea groups is 1. The first-order valence-electron chi connectivity index (χ1n) is 14.8. The zero-order valence-corrected chi connectivity index (χ0v) is 25.0. The van der Waals surface area contributed by atoms with Gasteiger partial charge in [0.15, 0.2) is 5.78 Å². The minimum absolute atomic E-state index is 0.0328. The van der Waals surface area contributed by atoms with Crippen molar-refractivity contribution in [1.82, 2.24) is 20.5 Å². The number of primary amides is 2. The molecule has 2 aromatic rings. The molecule has 0 unspecified atom stereocenters. The second-order valence-electron chi connectivity index (χ2n) is 11.1. The number of hydrogen-bond donors (Lipinski definition) is 6. The molecular formula is C30H43N7O7. The molecule has 0 saturated carbocycles. The van der Waals surface area contributed by atoms with Crippen LogP contribution in [0.2, 0.25) is 0 Å². The molecule has 0 radical (unpaired) electrons. The van der Waals surface area contributed by atoms with Crippen LogP contribution in [0.5, 0.6) is 0 Å². The third-order valence-electron chi connectivity index (χ3n) is 7.98. The number of ketones is 1. The Balaban J connectivity index is 1.79. The van der Waals surface area contributed by atoms with E-state index in [1.54, 1.807) is 6.20 Å². The molecule has 44 heavy (non-hydrogen) atoms. The monoisotopic (exact) mass is 613 g/mol. The number of esters is 1. The number of H-pyrrole nitrogens is 1. The highest BCUT2D eigenvalue weighted by Crippen LogP contribution is 2.23. The number of carbonyl (C=O) groups is 6. The zero-order chi connectivity index (χ0) is 32.2. The summed E-state index contributed by atoms with van der Waals surface area (Å²) < 4.78 is 4.63. The molecule has 1 aromatic carbocycles. The number of nitrogens with zero attached hydrogens (tertiary/aromatic N) is 1. The Morgan fingerprint density at radius 2 is 1.84 bits per heavy atom. The number of aromatic amines is 1. The highest BCUT2D eigenvalue weighted by molar-refractivity contribution is 5.96. The van der Waals surface area contributed by atoms with Crippen LogP contribution in [0.15, 0.2) is 30.5 Å². The molecule has 1 fully saturated rings. The Labute approximate surface area is 255 Å². The minimum Gasteiger partial charge on any atom is -0.469 e. The van der Waals surface area contributed by atoms with Crippen LogP contribution in [-0.2, 0) is 35.1 Å². The van der Waals surface area contributed by atoms with Gasteiger partial charge in [-0.1, -0.05) is 18.2 Å². The van der Waals surface area contributed by atoms with Crippen molar-refractivity contribution in [3.63, 3.8) is 0 Å². The lowest BCUT2D eigenvalue weighted by molar-refractivity contribution is -0.145. The second kappa shape index (κ2) is 16.4. The number of para-hydroxylation sites is 1. The first-order valence-corrected chi connectivity index (χ1v) is 14.8. The van der Waals surface area contributed by atoms with Crippen molar-refractivity contribution < 1.29 is 33.5 Å². The number of rotatable bonds is 16. The van der Waals surface area contributed by atoms with E-state index in [-0.39, 0.29) is 38.6 Å². The molecule has 3 rings (SSSR count). The molecule has 0 bridgehead atoms. The summed E-state index contributed by atoms with van der Waals surface area (Å²) in [5.74, 6) is -3.32. The van der Waals surface area contributed by atoms with Crippen molar-refractivity contribution in [1.29, 1.82) is 0 Å². The SMILES string of the molecule is COC(=O)CC[C@H](N)C(=O)N1CCCC[C@H]1C(=O)N[C@@H](Cc1c[nH]c2ccccc12)C(=O)C[C@@H](CCCNC(N)=O)C(N)=O. The van der Waals surface area contributed by atoms with Crippen molar-refractivity contribution in [2.75, 3.05) is 20.2 Å². The third-order valence-corrected chi connectivity index (χ3v) is 7.98. The number of nitrogens with two attached hydrogens (primary N) is 3. The number of methoxy groups -OCH3 is 1. The lowest BCUT2D eigenvalue weighted by Gasteiger charge is -2.37. The fourth-order valence-electron chi connectivity index (χ4n) is 5.50. The number of fused-ring (bicyclic) bond motifs is 1. The number of amides is 5. The van der Waals surface area contributed by atoms with Crippen LogP contribution >= 0.6 is 0 Å². The number of aromatic nitrogens is 1. The van der Waals surface area contributed by atoms with Gasteiger partial charge in [0, 0.05) is 55.4 Å². The Morgan fingerprint density at radius 3 is 2.55 bits per heavy atom. The Bertz CT molecular complexity index is 1340. The fourth-order valence-corrected chi connectivity index (χ4v) is 5.50. The average Bonchev–Trinajstić information content (AvgIpc) is 3.42. The predicted molar refractivity (Wildman–Crippen MR) is 162 cm³/mol. The molecule has 14 heteroatoms. The van der Waals surface area contributed by atoms with Gasteiger partial charge in [0.1, 0.15) is 6.04 Å². The van der Waals surface area contributed by atoms with E-state index in [0.29, 0.717) is 32.2 Å². The molecule has 0 spiro atoms. The van der Waals surface area contributed by atoms with E-state index in [0.717, 1.165) is 16.5 Å². The molecule has 9 N–H and O–H groups in total. The largest absolute Gasteiger partial charge is 0.469 e. The first-order chi connectivity index (χ1) is 21.0. The quantitative estimate of drug-likeness (QED) is 0.114. The molecular weight excluding hydrogens is 570 g/mol. The number of carbonyl (C=O) groups excluding carboxylic acids is 6. The fraction of sp³-hybridized carbons (Fsp3) is 0.533. The normalized spacial score (nSPS) is 16.9. The number of nitrogens with one attached hydrogen (secondary N) is 3. The standard InChI is InChI=1S/C30H43N7O7/c1-44-26(39)12-11-21(31)29(42)37-14-5-4-10-24(37)28(41)36-23(15-19-17-35-22-9-3-2-8-20(19)22)25(38)16-18(27(32)40)7-6-13-34-30(33)43/h2-3,8-9,17-18,21,23-24,35H,4-7,10-16,31H2,1H3,(H2,32,40)(H,36,41)(H3,33,34,43)/t18-,21+,23+,24+/m1/s1. The summed E-state index contributed by atoms with van der Waals surface area (Å²) in [7, 11) is 1.25. The number of likely N-dealkylation sites (tertiary alicyclic amines) is 1. The summed E-state index contributed by atoms with van der Waals surface area (Å²) in [6.45, 7) is 0.531. The van der Waals surface area contributed by atoms with Gasteiger partial charge in [-0.2, -0.15) is 0 Å². The number of Topliss-reactive ketones (excluding diaryl/α,β-unsaturated/α-hetero) is 1.